The highest BCUT2D eigenvalue weighted by Crippen LogP contribution is 2.36. The van der Waals surface area contributed by atoms with Gasteiger partial charge in [0.15, 0.2) is 0 Å². The third-order valence-electron chi connectivity index (χ3n) is 6.45. The second-order valence-electron chi connectivity index (χ2n) is 9.99. The van der Waals surface area contributed by atoms with E-state index in [4.69, 9.17) is 4.98 Å². The van der Waals surface area contributed by atoms with Crippen LogP contribution in [0.3, 0.4) is 0 Å². The minimum Gasteiger partial charge on any atom is -0.299 e. The van der Waals surface area contributed by atoms with E-state index in [1.54, 1.807) is 0 Å². The maximum atomic E-state index is 4.80. The van der Waals surface area contributed by atoms with E-state index < -0.39 is 0 Å². The molecule has 0 unspecified atom stereocenters. The quantitative estimate of drug-likeness (QED) is 0.284. The van der Waals surface area contributed by atoms with Gasteiger partial charge in [0.1, 0.15) is 5.82 Å². The van der Waals surface area contributed by atoms with Gasteiger partial charge in [-0.2, -0.15) is 0 Å². The van der Waals surface area contributed by atoms with Gasteiger partial charge in [-0.1, -0.05) is 108 Å². The van der Waals surface area contributed by atoms with Crippen LogP contribution in [0.4, 0.5) is 0 Å². The van der Waals surface area contributed by atoms with E-state index in [1.165, 1.54) is 33.5 Å². The van der Waals surface area contributed by atoms with E-state index in [0.717, 1.165) is 17.8 Å². The molecule has 0 saturated carbocycles. The van der Waals surface area contributed by atoms with Gasteiger partial charge in [-0.25, -0.2) is 4.98 Å². The molecule has 0 radical (unpaired) electrons. The summed E-state index contributed by atoms with van der Waals surface area (Å²) in [4.78, 5) is 4.80. The van der Waals surface area contributed by atoms with E-state index in [0.29, 0.717) is 17.8 Å². The van der Waals surface area contributed by atoms with Crippen molar-refractivity contribution in [2.24, 2.45) is 0 Å². The number of hydrogen-bond donors (Lipinski definition) is 0. The molecular weight excluding hydrogens is 400 g/mol. The average Bonchev–Trinajstić information content (AvgIpc) is 3.28. The van der Waals surface area contributed by atoms with Crippen LogP contribution in [0.15, 0.2) is 79.1 Å². The van der Waals surface area contributed by atoms with Crippen molar-refractivity contribution < 1.29 is 0 Å². The van der Waals surface area contributed by atoms with Gasteiger partial charge in [0, 0.05) is 18.0 Å². The van der Waals surface area contributed by atoms with Crippen molar-refractivity contribution in [3.8, 4) is 17.1 Å². The number of nitrogens with zero attached hydrogens (tertiary/aromatic N) is 2. The first-order valence-electron chi connectivity index (χ1n) is 12.2. The molecule has 0 atom stereocenters. The SMILES string of the molecule is CC(C)c1cc(C(C)C)c(-n2ccnc2-c2ccc(Cc3ccccc3)cc2)c(C(C)C)c1. The molecule has 0 aliphatic heterocycles. The molecule has 0 spiro atoms. The lowest BCUT2D eigenvalue weighted by Gasteiger charge is -2.24. The van der Waals surface area contributed by atoms with E-state index in [1.807, 2.05) is 6.20 Å². The number of rotatable bonds is 7. The molecule has 1 heterocycles. The number of hydrogen-bond acceptors (Lipinski definition) is 1. The van der Waals surface area contributed by atoms with E-state index >= 15 is 0 Å². The molecule has 0 bridgehead atoms. The summed E-state index contributed by atoms with van der Waals surface area (Å²) < 4.78 is 2.31. The Balaban J connectivity index is 1.77. The van der Waals surface area contributed by atoms with Crippen LogP contribution in [0.5, 0.6) is 0 Å². The van der Waals surface area contributed by atoms with Crippen LogP contribution >= 0.6 is 0 Å². The predicted molar refractivity (Wildman–Crippen MR) is 141 cm³/mol. The normalized spacial score (nSPS) is 11.7. The van der Waals surface area contributed by atoms with Crippen molar-refractivity contribution in [1.82, 2.24) is 9.55 Å². The Hall–Kier alpha value is -3.13. The van der Waals surface area contributed by atoms with Crippen LogP contribution in [0.1, 0.15) is 87.1 Å². The van der Waals surface area contributed by atoms with E-state index in [2.05, 4.69) is 119 Å². The number of aromatic nitrogens is 2. The zero-order valence-corrected chi connectivity index (χ0v) is 20.8. The highest BCUT2D eigenvalue weighted by Gasteiger charge is 2.21. The monoisotopic (exact) mass is 436 g/mol. The summed E-state index contributed by atoms with van der Waals surface area (Å²) in [5, 5.41) is 0. The fourth-order valence-corrected chi connectivity index (χ4v) is 4.50. The summed E-state index contributed by atoms with van der Waals surface area (Å²) in [6.45, 7) is 13.7. The van der Waals surface area contributed by atoms with Crippen molar-refractivity contribution >= 4 is 0 Å². The zero-order chi connectivity index (χ0) is 23.5. The highest BCUT2D eigenvalue weighted by molar-refractivity contribution is 5.63. The van der Waals surface area contributed by atoms with Crippen LogP contribution in [-0.2, 0) is 6.42 Å². The summed E-state index contributed by atoms with van der Waals surface area (Å²) in [5.74, 6) is 2.37. The summed E-state index contributed by atoms with van der Waals surface area (Å²) >= 11 is 0. The lowest BCUT2D eigenvalue weighted by atomic mass is 9.87. The molecule has 0 aliphatic rings. The number of imidazole rings is 1. The van der Waals surface area contributed by atoms with Crippen LogP contribution in [0, 0.1) is 0 Å². The Morgan fingerprint density at radius 1 is 0.697 bits per heavy atom. The molecule has 33 heavy (non-hydrogen) atoms. The first-order chi connectivity index (χ1) is 15.8. The van der Waals surface area contributed by atoms with Gasteiger partial charge in [0.2, 0.25) is 0 Å². The summed E-state index contributed by atoms with van der Waals surface area (Å²) in [6, 6.07) is 24.3. The Bertz CT molecular complexity index is 1170. The summed E-state index contributed by atoms with van der Waals surface area (Å²) in [7, 11) is 0. The van der Waals surface area contributed by atoms with Gasteiger partial charge in [-0.3, -0.25) is 4.57 Å². The van der Waals surface area contributed by atoms with Crippen molar-refractivity contribution in [3.05, 3.63) is 107 Å². The lowest BCUT2D eigenvalue weighted by molar-refractivity contribution is 0.784. The fraction of sp³-hybridized carbons (Fsp3) is 0.323. The van der Waals surface area contributed by atoms with Crippen LogP contribution < -0.4 is 0 Å². The molecular formula is C31H36N2. The van der Waals surface area contributed by atoms with Gasteiger partial charge in [-0.15, -0.1) is 0 Å². The molecule has 0 fully saturated rings. The molecule has 4 aromatic rings. The Morgan fingerprint density at radius 3 is 1.82 bits per heavy atom. The van der Waals surface area contributed by atoms with Gasteiger partial charge >= 0.3 is 0 Å². The average molecular weight is 437 g/mol. The zero-order valence-electron chi connectivity index (χ0n) is 20.8. The largest absolute Gasteiger partial charge is 0.299 e. The van der Waals surface area contributed by atoms with Crippen LogP contribution in [0.25, 0.3) is 17.1 Å². The fourth-order valence-electron chi connectivity index (χ4n) is 4.50. The third kappa shape index (κ3) is 4.95. The van der Waals surface area contributed by atoms with Gasteiger partial charge in [-0.05, 0) is 52.0 Å². The molecule has 2 nitrogen and oxygen atoms in total. The minimum atomic E-state index is 0.430. The molecule has 0 saturated heterocycles. The first-order valence-corrected chi connectivity index (χ1v) is 12.2. The molecule has 170 valence electrons. The maximum absolute atomic E-state index is 4.80. The Morgan fingerprint density at radius 2 is 1.27 bits per heavy atom. The topological polar surface area (TPSA) is 17.8 Å². The first kappa shape index (κ1) is 23.0. The lowest BCUT2D eigenvalue weighted by Crippen LogP contribution is -2.10. The smallest absolute Gasteiger partial charge is 0.144 e. The third-order valence-corrected chi connectivity index (χ3v) is 6.45. The standard InChI is InChI=1S/C31H36N2/c1-21(2)27-19-28(22(3)4)30(29(20-27)23(5)6)33-17-16-32-31(33)26-14-12-25(13-15-26)18-24-10-8-7-9-11-24/h7-17,19-23H,18H2,1-6H3. The van der Waals surface area contributed by atoms with Crippen LogP contribution in [0.2, 0.25) is 0 Å². The second kappa shape index (κ2) is 9.79. The summed E-state index contributed by atoms with van der Waals surface area (Å²) in [5.41, 5.74) is 9.29. The van der Waals surface area contributed by atoms with Crippen molar-refractivity contribution in [2.75, 3.05) is 0 Å². The highest BCUT2D eigenvalue weighted by atomic mass is 15.1. The van der Waals surface area contributed by atoms with Crippen molar-refractivity contribution in [2.45, 2.75) is 65.7 Å². The molecule has 2 heteroatoms. The Labute approximate surface area is 199 Å². The van der Waals surface area contributed by atoms with Gasteiger partial charge < -0.3 is 0 Å². The van der Waals surface area contributed by atoms with Crippen molar-refractivity contribution in [1.29, 1.82) is 0 Å². The molecule has 0 amide bonds. The minimum absolute atomic E-state index is 0.430. The van der Waals surface area contributed by atoms with Crippen LogP contribution in [-0.4, -0.2) is 9.55 Å². The van der Waals surface area contributed by atoms with Crippen molar-refractivity contribution in [3.63, 3.8) is 0 Å². The molecule has 0 aliphatic carbocycles. The number of benzene rings is 3. The summed E-state index contributed by atoms with van der Waals surface area (Å²) in [6.07, 6.45) is 4.99. The van der Waals surface area contributed by atoms with E-state index in [-0.39, 0.29) is 0 Å². The molecule has 3 aromatic carbocycles. The molecule has 0 N–H and O–H groups in total. The van der Waals surface area contributed by atoms with Gasteiger partial charge in [0.05, 0.1) is 5.69 Å². The Kier molecular flexibility index (Phi) is 6.83. The second-order valence-corrected chi connectivity index (χ2v) is 9.99. The predicted octanol–water partition coefficient (Wildman–Crippen LogP) is 8.50. The molecule has 1 aromatic heterocycles. The molecule has 4 rings (SSSR count). The van der Waals surface area contributed by atoms with E-state index in [9.17, 15) is 0 Å². The van der Waals surface area contributed by atoms with Gasteiger partial charge in [0.25, 0.3) is 0 Å². The maximum Gasteiger partial charge on any atom is 0.144 e.